The first kappa shape index (κ1) is 14.4. The van der Waals surface area contributed by atoms with E-state index in [1.165, 1.54) is 18.2 Å². The molecule has 0 heterocycles. The fourth-order valence-electron chi connectivity index (χ4n) is 0.359. The third-order valence-electron chi connectivity index (χ3n) is 0.837. The topological polar surface area (TPSA) is 73.9 Å². The SMILES string of the molecule is C=CCOC(=O)C(C#N)C#N.[KH]. The van der Waals surface area contributed by atoms with Gasteiger partial charge in [-0.3, -0.25) is 0 Å². The number of hydrogen-bond donors (Lipinski definition) is 0. The summed E-state index contributed by atoms with van der Waals surface area (Å²) >= 11 is 0. The zero-order chi connectivity index (χ0) is 8.69. The molecule has 0 saturated carbocycles. The maximum atomic E-state index is 10.6. The summed E-state index contributed by atoms with van der Waals surface area (Å²) in [6.07, 6.45) is 1.36. The van der Waals surface area contributed by atoms with Crippen molar-refractivity contribution in [2.45, 2.75) is 0 Å². The van der Waals surface area contributed by atoms with E-state index in [1.807, 2.05) is 0 Å². The Balaban J connectivity index is 0. The van der Waals surface area contributed by atoms with Crippen molar-refractivity contribution in [1.29, 1.82) is 10.5 Å². The van der Waals surface area contributed by atoms with Crippen LogP contribution < -0.4 is 0 Å². The summed E-state index contributed by atoms with van der Waals surface area (Å²) in [6.45, 7) is 3.33. The first-order valence-corrected chi connectivity index (χ1v) is 2.83. The summed E-state index contributed by atoms with van der Waals surface area (Å²) in [5, 5.41) is 16.4. The minimum atomic E-state index is -1.32. The van der Waals surface area contributed by atoms with Crippen molar-refractivity contribution in [2.24, 2.45) is 5.92 Å². The quantitative estimate of drug-likeness (QED) is 0.349. The first-order valence-electron chi connectivity index (χ1n) is 2.83. The van der Waals surface area contributed by atoms with Gasteiger partial charge in [-0.2, -0.15) is 10.5 Å². The van der Waals surface area contributed by atoms with Crippen LogP contribution in [0.3, 0.4) is 0 Å². The molecule has 0 aliphatic carbocycles. The van der Waals surface area contributed by atoms with E-state index in [0.717, 1.165) is 0 Å². The van der Waals surface area contributed by atoms with Crippen LogP contribution in [0.15, 0.2) is 12.7 Å². The first-order chi connectivity index (χ1) is 5.26. The van der Waals surface area contributed by atoms with Gasteiger partial charge >= 0.3 is 57.4 Å². The fraction of sp³-hybridized carbons (Fsp3) is 0.286. The molecule has 0 N–H and O–H groups in total. The second-order valence-corrected chi connectivity index (χ2v) is 1.61. The number of ether oxygens (including phenoxy) is 1. The molecule has 58 valence electrons. The van der Waals surface area contributed by atoms with E-state index in [-0.39, 0.29) is 58.0 Å². The van der Waals surface area contributed by atoms with Gasteiger partial charge in [-0.1, -0.05) is 12.7 Å². The van der Waals surface area contributed by atoms with Gasteiger partial charge in [0.2, 0.25) is 5.92 Å². The second kappa shape index (κ2) is 8.92. The number of esters is 1. The Labute approximate surface area is 113 Å². The predicted molar refractivity (Wildman–Crippen MR) is 43.0 cm³/mol. The van der Waals surface area contributed by atoms with Crippen molar-refractivity contribution in [3.05, 3.63) is 12.7 Å². The Bertz CT molecular complexity index is 225. The number of carbonyl (C=O) groups excluding carboxylic acids is 1. The molecule has 12 heavy (non-hydrogen) atoms. The normalized spacial score (nSPS) is 7.25. The third kappa shape index (κ3) is 5.47. The van der Waals surface area contributed by atoms with Crippen molar-refractivity contribution in [1.82, 2.24) is 0 Å². The molecule has 0 bridgehead atoms. The molecule has 0 atom stereocenters. The molecule has 0 spiro atoms. The van der Waals surface area contributed by atoms with Gasteiger partial charge in [-0.25, -0.2) is 4.79 Å². The fourth-order valence-corrected chi connectivity index (χ4v) is 0.359. The van der Waals surface area contributed by atoms with Crippen LogP contribution in [0, 0.1) is 28.6 Å². The molecule has 0 aromatic heterocycles. The van der Waals surface area contributed by atoms with Crippen LogP contribution >= 0.6 is 0 Å². The summed E-state index contributed by atoms with van der Waals surface area (Å²) in [4.78, 5) is 10.6. The van der Waals surface area contributed by atoms with E-state index in [1.54, 1.807) is 0 Å². The molecule has 0 aliphatic heterocycles. The summed E-state index contributed by atoms with van der Waals surface area (Å²) in [5.74, 6) is -2.15. The van der Waals surface area contributed by atoms with Crippen molar-refractivity contribution in [2.75, 3.05) is 6.61 Å². The van der Waals surface area contributed by atoms with Crippen LogP contribution in [0.1, 0.15) is 0 Å². The van der Waals surface area contributed by atoms with Crippen molar-refractivity contribution in [3.63, 3.8) is 0 Å². The second-order valence-electron chi connectivity index (χ2n) is 1.61. The molecular weight excluding hydrogens is 183 g/mol. The summed E-state index contributed by atoms with van der Waals surface area (Å²) in [6, 6.07) is 2.98. The minimum absolute atomic E-state index is 0. The van der Waals surface area contributed by atoms with E-state index in [4.69, 9.17) is 10.5 Å². The van der Waals surface area contributed by atoms with E-state index in [0.29, 0.717) is 0 Å². The van der Waals surface area contributed by atoms with Crippen LogP contribution in [0.5, 0.6) is 0 Å². The van der Waals surface area contributed by atoms with E-state index in [9.17, 15) is 4.79 Å². The number of carbonyl (C=O) groups is 1. The van der Waals surface area contributed by atoms with E-state index in [2.05, 4.69) is 11.3 Å². The third-order valence-corrected chi connectivity index (χ3v) is 0.837. The Hall–Kier alpha value is -0.174. The molecule has 0 amide bonds. The number of nitrogens with zero attached hydrogens (tertiary/aromatic N) is 2. The summed E-state index contributed by atoms with van der Waals surface area (Å²) < 4.78 is 4.43. The van der Waals surface area contributed by atoms with Gasteiger partial charge in [0, 0.05) is 0 Å². The molecule has 0 aromatic rings. The number of rotatable bonds is 3. The Morgan fingerprint density at radius 1 is 1.58 bits per heavy atom. The van der Waals surface area contributed by atoms with Crippen LogP contribution in [0.25, 0.3) is 0 Å². The average molecular weight is 190 g/mol. The molecule has 4 nitrogen and oxygen atoms in total. The Kier molecular flexibility index (Phi) is 10.7. The van der Waals surface area contributed by atoms with Crippen LogP contribution in [0.4, 0.5) is 0 Å². The molecule has 0 rings (SSSR count). The molecule has 0 radical (unpaired) electrons. The van der Waals surface area contributed by atoms with Gasteiger partial charge in [-0.15, -0.1) is 0 Å². The summed E-state index contributed by atoms with van der Waals surface area (Å²) in [5.41, 5.74) is 0. The molecule has 0 aliphatic rings. The number of hydrogen-bond acceptors (Lipinski definition) is 4. The van der Waals surface area contributed by atoms with Crippen LogP contribution in [-0.4, -0.2) is 64.0 Å². The van der Waals surface area contributed by atoms with Gasteiger partial charge < -0.3 is 4.74 Å². The molecule has 0 aromatic carbocycles. The Morgan fingerprint density at radius 2 is 2.08 bits per heavy atom. The van der Waals surface area contributed by atoms with Crippen molar-refractivity contribution >= 4 is 57.4 Å². The summed E-state index contributed by atoms with van der Waals surface area (Å²) in [7, 11) is 0. The van der Waals surface area contributed by atoms with Gasteiger partial charge in [0.1, 0.15) is 6.61 Å². The van der Waals surface area contributed by atoms with Crippen LogP contribution in [0.2, 0.25) is 0 Å². The zero-order valence-corrected chi connectivity index (χ0v) is 5.78. The molecule has 0 fully saturated rings. The standard InChI is InChI=1S/C7H6N2O2.K.H/c1-2-3-11-7(10)6(4-8)5-9;;/h2,6H,1,3H2;;. The van der Waals surface area contributed by atoms with Crippen LogP contribution in [-0.2, 0) is 9.53 Å². The monoisotopic (exact) mass is 190 g/mol. The average Bonchev–Trinajstić information content (AvgIpc) is 2.03. The molecule has 0 saturated heterocycles. The Morgan fingerprint density at radius 3 is 2.42 bits per heavy atom. The zero-order valence-electron chi connectivity index (χ0n) is 5.78. The van der Waals surface area contributed by atoms with Gasteiger partial charge in [0.15, 0.2) is 0 Å². The van der Waals surface area contributed by atoms with Gasteiger partial charge in [-0.05, 0) is 0 Å². The maximum absolute atomic E-state index is 10.6. The van der Waals surface area contributed by atoms with Gasteiger partial charge in [0.05, 0.1) is 12.1 Å². The number of nitriles is 2. The predicted octanol–water partition coefficient (Wildman–Crippen LogP) is -0.270. The van der Waals surface area contributed by atoms with Crippen molar-refractivity contribution < 1.29 is 9.53 Å². The molecule has 0 unspecified atom stereocenters. The van der Waals surface area contributed by atoms with Crippen molar-refractivity contribution in [3.8, 4) is 12.1 Å². The van der Waals surface area contributed by atoms with E-state index >= 15 is 0 Å². The molecule has 5 heteroatoms. The van der Waals surface area contributed by atoms with Gasteiger partial charge in [0.25, 0.3) is 0 Å². The molecular formula is C7H7KN2O2. The van der Waals surface area contributed by atoms with E-state index < -0.39 is 11.9 Å².